The molecule has 0 aliphatic heterocycles. The molecule has 0 atom stereocenters. The van der Waals surface area contributed by atoms with E-state index in [9.17, 15) is 0 Å². The van der Waals surface area contributed by atoms with Crippen LogP contribution in [-0.2, 0) is 0 Å². The highest BCUT2D eigenvalue weighted by Crippen LogP contribution is 2.36. The van der Waals surface area contributed by atoms with Crippen molar-refractivity contribution in [3.8, 4) is 11.3 Å². The standard InChI is InChI=1S/C22H13ClN2/c23-22-19(14-8-2-1-3-9-14)24-20-17-12-6-4-10-15(17)16-11-5-7-13-18(16)21(20)25-22/h1-13H. The number of rotatable bonds is 1. The minimum atomic E-state index is 0.430. The molecule has 0 amide bonds. The summed E-state index contributed by atoms with van der Waals surface area (Å²) < 4.78 is 0. The summed E-state index contributed by atoms with van der Waals surface area (Å²) in [5.41, 5.74) is 3.42. The van der Waals surface area contributed by atoms with E-state index in [0.717, 1.165) is 33.1 Å². The first-order chi connectivity index (χ1) is 12.3. The lowest BCUT2D eigenvalue weighted by Crippen LogP contribution is -1.94. The van der Waals surface area contributed by atoms with Crippen molar-refractivity contribution in [2.75, 3.05) is 0 Å². The molecular formula is C22H13ClN2. The summed E-state index contributed by atoms with van der Waals surface area (Å²) in [4.78, 5) is 9.66. The number of hydrogen-bond donors (Lipinski definition) is 0. The molecule has 4 aromatic carbocycles. The van der Waals surface area contributed by atoms with Gasteiger partial charge >= 0.3 is 0 Å². The number of halogens is 1. The minimum absolute atomic E-state index is 0.430. The van der Waals surface area contributed by atoms with Crippen molar-refractivity contribution in [3.05, 3.63) is 84.0 Å². The Morgan fingerprint density at radius 2 is 1.00 bits per heavy atom. The molecule has 0 aliphatic carbocycles. The maximum absolute atomic E-state index is 6.52. The second kappa shape index (κ2) is 5.54. The van der Waals surface area contributed by atoms with Crippen molar-refractivity contribution >= 4 is 44.2 Å². The fourth-order valence-electron chi connectivity index (χ4n) is 3.42. The Bertz CT molecular complexity index is 1250. The van der Waals surface area contributed by atoms with E-state index >= 15 is 0 Å². The van der Waals surface area contributed by atoms with Gasteiger partial charge in [-0.15, -0.1) is 0 Å². The van der Waals surface area contributed by atoms with E-state index in [4.69, 9.17) is 21.6 Å². The molecule has 5 rings (SSSR count). The van der Waals surface area contributed by atoms with Crippen LogP contribution in [0, 0.1) is 0 Å². The minimum Gasteiger partial charge on any atom is -0.242 e. The average Bonchev–Trinajstić information content (AvgIpc) is 2.68. The maximum atomic E-state index is 6.52. The van der Waals surface area contributed by atoms with Crippen LogP contribution in [0.5, 0.6) is 0 Å². The Balaban J connectivity index is 2.00. The largest absolute Gasteiger partial charge is 0.242 e. The van der Waals surface area contributed by atoms with Gasteiger partial charge in [-0.3, -0.25) is 0 Å². The molecular weight excluding hydrogens is 328 g/mol. The van der Waals surface area contributed by atoms with Crippen molar-refractivity contribution in [2.24, 2.45) is 0 Å². The molecule has 0 saturated heterocycles. The van der Waals surface area contributed by atoms with Gasteiger partial charge in [0, 0.05) is 16.3 Å². The summed E-state index contributed by atoms with van der Waals surface area (Å²) in [6.07, 6.45) is 0. The predicted molar refractivity (Wildman–Crippen MR) is 105 cm³/mol. The van der Waals surface area contributed by atoms with Crippen molar-refractivity contribution in [2.45, 2.75) is 0 Å². The average molecular weight is 341 g/mol. The topological polar surface area (TPSA) is 25.8 Å². The van der Waals surface area contributed by atoms with E-state index in [1.165, 1.54) is 10.8 Å². The number of hydrogen-bond acceptors (Lipinski definition) is 2. The monoisotopic (exact) mass is 340 g/mol. The van der Waals surface area contributed by atoms with Crippen molar-refractivity contribution in [1.82, 2.24) is 9.97 Å². The van der Waals surface area contributed by atoms with E-state index in [-0.39, 0.29) is 0 Å². The van der Waals surface area contributed by atoms with Crippen molar-refractivity contribution in [1.29, 1.82) is 0 Å². The molecule has 1 heterocycles. The fraction of sp³-hybridized carbons (Fsp3) is 0. The maximum Gasteiger partial charge on any atom is 0.156 e. The zero-order chi connectivity index (χ0) is 16.8. The van der Waals surface area contributed by atoms with Gasteiger partial charge in [-0.1, -0.05) is 90.5 Å². The van der Waals surface area contributed by atoms with Crippen LogP contribution in [0.2, 0.25) is 5.15 Å². The van der Waals surface area contributed by atoms with Gasteiger partial charge in [0.2, 0.25) is 0 Å². The summed E-state index contributed by atoms with van der Waals surface area (Å²) in [5.74, 6) is 0. The molecule has 0 unspecified atom stereocenters. The first kappa shape index (κ1) is 14.4. The third-order valence-electron chi connectivity index (χ3n) is 4.56. The Hall–Kier alpha value is -2.97. The molecule has 3 heteroatoms. The molecule has 0 saturated carbocycles. The smallest absolute Gasteiger partial charge is 0.156 e. The van der Waals surface area contributed by atoms with Crippen LogP contribution in [0.25, 0.3) is 43.8 Å². The zero-order valence-electron chi connectivity index (χ0n) is 13.3. The third-order valence-corrected chi connectivity index (χ3v) is 4.82. The summed E-state index contributed by atoms with van der Waals surface area (Å²) in [5, 5.41) is 4.95. The number of aromatic nitrogens is 2. The van der Waals surface area contributed by atoms with Gasteiger partial charge in [-0.05, 0) is 10.8 Å². The van der Waals surface area contributed by atoms with Crippen LogP contribution in [0.3, 0.4) is 0 Å². The molecule has 0 spiro atoms. The van der Waals surface area contributed by atoms with E-state index in [0.29, 0.717) is 5.15 Å². The zero-order valence-corrected chi connectivity index (χ0v) is 14.0. The summed E-state index contributed by atoms with van der Waals surface area (Å²) >= 11 is 6.52. The van der Waals surface area contributed by atoms with Crippen LogP contribution in [0.15, 0.2) is 78.9 Å². The second-order valence-corrected chi connectivity index (χ2v) is 6.38. The third kappa shape index (κ3) is 2.19. The molecule has 1 aromatic heterocycles. The predicted octanol–water partition coefficient (Wildman–Crippen LogP) is 6.26. The second-order valence-electron chi connectivity index (χ2n) is 6.02. The normalized spacial score (nSPS) is 11.4. The number of benzene rings is 4. The molecule has 25 heavy (non-hydrogen) atoms. The lowest BCUT2D eigenvalue weighted by Gasteiger charge is -2.11. The highest BCUT2D eigenvalue weighted by Gasteiger charge is 2.14. The van der Waals surface area contributed by atoms with Crippen LogP contribution in [0.1, 0.15) is 0 Å². The molecule has 0 bridgehead atoms. The Labute approximate surface area is 149 Å². The summed E-state index contributed by atoms with van der Waals surface area (Å²) in [6, 6.07) is 26.6. The molecule has 0 radical (unpaired) electrons. The molecule has 0 N–H and O–H groups in total. The van der Waals surface area contributed by atoms with Gasteiger partial charge in [0.25, 0.3) is 0 Å². The Kier molecular flexibility index (Phi) is 3.19. The highest BCUT2D eigenvalue weighted by atomic mass is 35.5. The van der Waals surface area contributed by atoms with Crippen molar-refractivity contribution < 1.29 is 0 Å². The molecule has 5 aromatic rings. The molecule has 0 fully saturated rings. The van der Waals surface area contributed by atoms with Crippen LogP contribution in [0.4, 0.5) is 0 Å². The lowest BCUT2D eigenvalue weighted by atomic mass is 9.99. The Morgan fingerprint density at radius 1 is 0.520 bits per heavy atom. The van der Waals surface area contributed by atoms with E-state index in [1.54, 1.807) is 0 Å². The van der Waals surface area contributed by atoms with Gasteiger partial charge in [-0.2, -0.15) is 0 Å². The van der Waals surface area contributed by atoms with E-state index < -0.39 is 0 Å². The molecule has 0 aliphatic rings. The van der Waals surface area contributed by atoms with Gasteiger partial charge in [-0.25, -0.2) is 9.97 Å². The molecule has 118 valence electrons. The van der Waals surface area contributed by atoms with Gasteiger partial charge in [0.1, 0.15) is 5.69 Å². The number of nitrogens with zero attached hydrogens (tertiary/aromatic N) is 2. The first-order valence-corrected chi connectivity index (χ1v) is 8.53. The summed E-state index contributed by atoms with van der Waals surface area (Å²) in [7, 11) is 0. The van der Waals surface area contributed by atoms with Crippen molar-refractivity contribution in [3.63, 3.8) is 0 Å². The van der Waals surface area contributed by atoms with E-state index in [1.807, 2.05) is 48.5 Å². The quantitative estimate of drug-likeness (QED) is 0.337. The van der Waals surface area contributed by atoms with Crippen LogP contribution >= 0.6 is 11.6 Å². The Morgan fingerprint density at radius 3 is 1.60 bits per heavy atom. The fourth-order valence-corrected chi connectivity index (χ4v) is 3.66. The highest BCUT2D eigenvalue weighted by molar-refractivity contribution is 6.33. The van der Waals surface area contributed by atoms with Gasteiger partial charge in [0.05, 0.1) is 11.0 Å². The molecule has 2 nitrogen and oxygen atoms in total. The van der Waals surface area contributed by atoms with E-state index in [2.05, 4.69) is 30.3 Å². The van der Waals surface area contributed by atoms with Crippen LogP contribution in [-0.4, -0.2) is 9.97 Å². The number of fused-ring (bicyclic) bond motifs is 6. The summed E-state index contributed by atoms with van der Waals surface area (Å²) in [6.45, 7) is 0. The van der Waals surface area contributed by atoms with Crippen LogP contribution < -0.4 is 0 Å². The van der Waals surface area contributed by atoms with Gasteiger partial charge in [0.15, 0.2) is 5.15 Å². The lowest BCUT2D eigenvalue weighted by molar-refractivity contribution is 1.31. The SMILES string of the molecule is Clc1nc2c3ccccc3c3ccccc3c2nc1-c1ccccc1. The first-order valence-electron chi connectivity index (χ1n) is 8.15. The van der Waals surface area contributed by atoms with Gasteiger partial charge < -0.3 is 0 Å².